The summed E-state index contributed by atoms with van der Waals surface area (Å²) in [5.41, 5.74) is 2.59. The first-order valence-corrected chi connectivity index (χ1v) is 6.98. The van der Waals surface area contributed by atoms with Crippen LogP contribution in [0, 0.1) is 13.8 Å². The maximum absolute atomic E-state index is 12.3. The van der Waals surface area contributed by atoms with E-state index in [2.05, 4.69) is 4.90 Å². The summed E-state index contributed by atoms with van der Waals surface area (Å²) < 4.78 is 11.0. The van der Waals surface area contributed by atoms with Crippen molar-refractivity contribution < 1.29 is 9.15 Å². The summed E-state index contributed by atoms with van der Waals surface area (Å²) in [5, 5.41) is 0.679. The van der Waals surface area contributed by atoms with Gasteiger partial charge in [0.1, 0.15) is 11.3 Å². The van der Waals surface area contributed by atoms with Gasteiger partial charge in [0.05, 0.1) is 18.6 Å². The van der Waals surface area contributed by atoms with E-state index in [0.717, 1.165) is 38.4 Å². The van der Waals surface area contributed by atoms with Crippen LogP contribution in [0.5, 0.6) is 0 Å². The van der Waals surface area contributed by atoms with Crippen LogP contribution in [0.15, 0.2) is 27.4 Å². The first kappa shape index (κ1) is 13.3. The monoisotopic (exact) mass is 273 g/mol. The van der Waals surface area contributed by atoms with Gasteiger partial charge < -0.3 is 9.15 Å². The Balaban J connectivity index is 1.95. The van der Waals surface area contributed by atoms with Gasteiger partial charge in [-0.05, 0) is 31.5 Å². The molecular formula is C16H19NO3. The fourth-order valence-corrected chi connectivity index (χ4v) is 2.56. The van der Waals surface area contributed by atoms with Crippen LogP contribution in [0.3, 0.4) is 0 Å². The predicted molar refractivity (Wildman–Crippen MR) is 78.1 cm³/mol. The predicted octanol–water partition coefficient (Wildman–Crippen LogP) is 2.24. The minimum absolute atomic E-state index is 0.0765. The maximum Gasteiger partial charge on any atom is 0.195 e. The highest BCUT2D eigenvalue weighted by molar-refractivity contribution is 5.78. The number of ether oxygens (including phenoxy) is 1. The van der Waals surface area contributed by atoms with Crippen LogP contribution >= 0.6 is 0 Å². The van der Waals surface area contributed by atoms with E-state index in [9.17, 15) is 4.79 Å². The molecule has 0 spiro atoms. The molecule has 0 radical (unpaired) electrons. The van der Waals surface area contributed by atoms with Gasteiger partial charge in [0.2, 0.25) is 0 Å². The van der Waals surface area contributed by atoms with Crippen LogP contribution in [0.25, 0.3) is 11.0 Å². The molecule has 0 amide bonds. The zero-order valence-electron chi connectivity index (χ0n) is 11.9. The Morgan fingerprint density at radius 2 is 1.95 bits per heavy atom. The molecule has 106 valence electrons. The minimum Gasteiger partial charge on any atom is -0.461 e. The van der Waals surface area contributed by atoms with Crippen molar-refractivity contribution in [3.8, 4) is 0 Å². The molecule has 1 aliphatic heterocycles. The highest BCUT2D eigenvalue weighted by Crippen LogP contribution is 2.17. The Morgan fingerprint density at radius 3 is 2.70 bits per heavy atom. The first-order valence-electron chi connectivity index (χ1n) is 6.98. The summed E-state index contributed by atoms with van der Waals surface area (Å²) in [5.74, 6) is 0.698. The second kappa shape index (κ2) is 5.38. The molecule has 4 heteroatoms. The zero-order valence-corrected chi connectivity index (χ0v) is 11.9. The van der Waals surface area contributed by atoms with Crippen molar-refractivity contribution in [1.29, 1.82) is 0 Å². The third kappa shape index (κ3) is 2.49. The van der Waals surface area contributed by atoms with Gasteiger partial charge in [0, 0.05) is 25.2 Å². The van der Waals surface area contributed by atoms with Crippen molar-refractivity contribution in [2.75, 3.05) is 26.3 Å². The number of benzene rings is 1. The number of morpholine rings is 1. The second-order valence-corrected chi connectivity index (χ2v) is 5.33. The number of aryl methyl sites for hydroxylation is 1. The van der Waals surface area contributed by atoms with Gasteiger partial charge in [-0.25, -0.2) is 0 Å². The molecule has 1 aromatic carbocycles. The largest absolute Gasteiger partial charge is 0.461 e. The van der Waals surface area contributed by atoms with E-state index in [-0.39, 0.29) is 5.43 Å². The molecule has 0 saturated carbocycles. The van der Waals surface area contributed by atoms with Crippen LogP contribution < -0.4 is 5.43 Å². The maximum atomic E-state index is 12.3. The van der Waals surface area contributed by atoms with Crippen molar-refractivity contribution in [1.82, 2.24) is 4.90 Å². The lowest BCUT2D eigenvalue weighted by Gasteiger charge is -2.26. The summed E-state index contributed by atoms with van der Waals surface area (Å²) in [6, 6.07) is 5.90. The van der Waals surface area contributed by atoms with Crippen LogP contribution in [-0.4, -0.2) is 31.2 Å². The van der Waals surface area contributed by atoms with E-state index in [1.807, 2.05) is 32.0 Å². The Kier molecular flexibility index (Phi) is 3.59. The molecule has 0 N–H and O–H groups in total. The SMILES string of the molecule is Cc1oc2ccc(CN3CCOCC3)cc2c(=O)c1C. The number of hydrogen-bond acceptors (Lipinski definition) is 4. The Hall–Kier alpha value is -1.65. The smallest absolute Gasteiger partial charge is 0.195 e. The number of nitrogens with zero attached hydrogens (tertiary/aromatic N) is 1. The summed E-state index contributed by atoms with van der Waals surface area (Å²) in [7, 11) is 0. The Labute approximate surface area is 118 Å². The van der Waals surface area contributed by atoms with Crippen LogP contribution in [0.4, 0.5) is 0 Å². The van der Waals surface area contributed by atoms with Crippen molar-refractivity contribution in [3.05, 3.63) is 45.3 Å². The van der Waals surface area contributed by atoms with E-state index in [4.69, 9.17) is 9.15 Å². The molecule has 0 bridgehead atoms. The Bertz CT molecular complexity index is 684. The van der Waals surface area contributed by atoms with Gasteiger partial charge in [-0.3, -0.25) is 9.69 Å². The van der Waals surface area contributed by atoms with Crippen LogP contribution in [-0.2, 0) is 11.3 Å². The van der Waals surface area contributed by atoms with E-state index < -0.39 is 0 Å². The topological polar surface area (TPSA) is 42.7 Å². The average Bonchev–Trinajstić information content (AvgIpc) is 2.47. The standard InChI is InChI=1S/C16H19NO3/c1-11-12(2)20-15-4-3-13(9-14(15)16(11)18)10-17-5-7-19-8-6-17/h3-4,9H,5-8,10H2,1-2H3. The molecule has 1 aromatic heterocycles. The highest BCUT2D eigenvalue weighted by atomic mass is 16.5. The van der Waals surface area contributed by atoms with E-state index in [0.29, 0.717) is 22.3 Å². The van der Waals surface area contributed by atoms with Gasteiger partial charge in [0.25, 0.3) is 0 Å². The average molecular weight is 273 g/mol. The van der Waals surface area contributed by atoms with Crippen LogP contribution in [0.2, 0.25) is 0 Å². The highest BCUT2D eigenvalue weighted by Gasteiger charge is 2.12. The Morgan fingerprint density at radius 1 is 1.20 bits per heavy atom. The first-order chi connectivity index (χ1) is 9.65. The molecule has 3 rings (SSSR count). The lowest BCUT2D eigenvalue weighted by molar-refractivity contribution is 0.0342. The number of fused-ring (bicyclic) bond motifs is 1. The molecule has 20 heavy (non-hydrogen) atoms. The third-order valence-corrected chi connectivity index (χ3v) is 3.93. The fourth-order valence-electron chi connectivity index (χ4n) is 2.56. The molecule has 1 saturated heterocycles. The third-order valence-electron chi connectivity index (χ3n) is 3.93. The lowest BCUT2D eigenvalue weighted by atomic mass is 10.1. The summed E-state index contributed by atoms with van der Waals surface area (Å²) in [6.07, 6.45) is 0. The summed E-state index contributed by atoms with van der Waals surface area (Å²) >= 11 is 0. The van der Waals surface area contributed by atoms with E-state index in [1.165, 1.54) is 0 Å². The molecule has 1 aliphatic rings. The van der Waals surface area contributed by atoms with Crippen LogP contribution in [0.1, 0.15) is 16.9 Å². The second-order valence-electron chi connectivity index (χ2n) is 5.33. The summed E-state index contributed by atoms with van der Waals surface area (Å²) in [6.45, 7) is 7.96. The van der Waals surface area contributed by atoms with E-state index >= 15 is 0 Å². The molecule has 0 unspecified atom stereocenters. The molecule has 0 aliphatic carbocycles. The molecule has 4 nitrogen and oxygen atoms in total. The molecule has 1 fully saturated rings. The van der Waals surface area contributed by atoms with Gasteiger partial charge in [-0.2, -0.15) is 0 Å². The quantitative estimate of drug-likeness (QED) is 0.841. The van der Waals surface area contributed by atoms with Gasteiger partial charge in [-0.1, -0.05) is 6.07 Å². The number of rotatable bonds is 2. The van der Waals surface area contributed by atoms with Crippen molar-refractivity contribution in [2.45, 2.75) is 20.4 Å². The molecule has 2 aromatic rings. The summed E-state index contributed by atoms with van der Waals surface area (Å²) in [4.78, 5) is 14.6. The van der Waals surface area contributed by atoms with Crippen molar-refractivity contribution in [2.24, 2.45) is 0 Å². The van der Waals surface area contributed by atoms with Gasteiger partial charge in [0.15, 0.2) is 5.43 Å². The zero-order chi connectivity index (χ0) is 14.1. The van der Waals surface area contributed by atoms with Crippen molar-refractivity contribution >= 4 is 11.0 Å². The van der Waals surface area contributed by atoms with Gasteiger partial charge >= 0.3 is 0 Å². The van der Waals surface area contributed by atoms with E-state index in [1.54, 1.807) is 0 Å². The molecule has 2 heterocycles. The van der Waals surface area contributed by atoms with Crippen molar-refractivity contribution in [3.63, 3.8) is 0 Å². The molecule has 0 atom stereocenters. The normalized spacial score (nSPS) is 16.7. The number of hydrogen-bond donors (Lipinski definition) is 0. The fraction of sp³-hybridized carbons (Fsp3) is 0.438. The minimum atomic E-state index is 0.0765. The van der Waals surface area contributed by atoms with Gasteiger partial charge in [-0.15, -0.1) is 0 Å². The lowest BCUT2D eigenvalue weighted by Crippen LogP contribution is -2.35. The molecular weight excluding hydrogens is 254 g/mol.